The van der Waals surface area contributed by atoms with Crippen LogP contribution in [0.25, 0.3) is 34.0 Å². The molecule has 0 fully saturated rings. The number of halogens is 2. The number of hydrogen-bond acceptors (Lipinski definition) is 0. The van der Waals surface area contributed by atoms with Crippen LogP contribution in [0.15, 0.2) is 104 Å². The number of aromatic nitrogens is 2. The maximum atomic E-state index is 2.80. The largest absolute Gasteiger partial charge is 1.00 e. The van der Waals surface area contributed by atoms with E-state index in [-0.39, 0.29) is 24.8 Å². The third-order valence-electron chi connectivity index (χ3n) is 11.0. The van der Waals surface area contributed by atoms with E-state index in [0.717, 1.165) is 0 Å². The van der Waals surface area contributed by atoms with Crippen molar-refractivity contribution in [3.63, 3.8) is 0 Å². The number of fused-ring (bicyclic) bond motifs is 8. The molecule has 0 spiro atoms. The Morgan fingerprint density at radius 1 is 0.468 bits per heavy atom. The molecular weight excluding hydrogens is 695 g/mol. The standard InChI is InChI=1S/2C21H18N.2ClH.Zr/c2*1-2-8-16-15(7-1)13-14-21(16)22-19-11-5-3-9-17(19)18-10-4-6-12-20(18)22;;;/h2*1-3,5,7-9,11,13,21H,4,6,10,12H2;2*1H;/q;;;;+2/p-2. The van der Waals surface area contributed by atoms with Crippen LogP contribution in [-0.2, 0) is 48.9 Å². The Bertz CT molecular complexity index is 2080. The van der Waals surface area contributed by atoms with Crippen LogP contribution in [-0.4, -0.2) is 9.13 Å². The number of rotatable bonds is 4. The summed E-state index contributed by atoms with van der Waals surface area (Å²) in [4.78, 5) is 0. The second-order valence-electron chi connectivity index (χ2n) is 13.4. The predicted octanol–water partition coefficient (Wildman–Crippen LogP) is 4.03. The number of para-hydroxylation sites is 2. The van der Waals surface area contributed by atoms with Gasteiger partial charge in [-0.15, -0.1) is 0 Å². The molecule has 0 amide bonds. The SMILES string of the molecule is C1=[C]([Zr+2][C]2=Cc3ccccc3C2n2c3c(c4ccccc42)CCCC3)C(n2c3c(c4ccccc42)CCCC3)c2ccccc21.[Cl-].[Cl-]. The fourth-order valence-corrected chi connectivity index (χ4v) is 13.2. The van der Waals surface area contributed by atoms with Crippen molar-refractivity contribution in [3.05, 3.63) is 148 Å². The van der Waals surface area contributed by atoms with Gasteiger partial charge in [-0.25, -0.2) is 0 Å². The normalized spacial score (nSPS) is 19.1. The molecule has 4 aliphatic carbocycles. The van der Waals surface area contributed by atoms with Crippen LogP contribution < -0.4 is 24.8 Å². The molecule has 10 rings (SSSR count). The Labute approximate surface area is 301 Å². The van der Waals surface area contributed by atoms with Gasteiger partial charge in [0.2, 0.25) is 0 Å². The van der Waals surface area contributed by atoms with Crippen LogP contribution in [0.1, 0.15) is 82.5 Å². The first-order chi connectivity index (χ1) is 22.3. The van der Waals surface area contributed by atoms with Gasteiger partial charge in [-0.1, -0.05) is 0 Å². The minimum atomic E-state index is -1.20. The zero-order valence-corrected chi connectivity index (χ0v) is 30.3. The summed E-state index contributed by atoms with van der Waals surface area (Å²) in [5.41, 5.74) is 15.1. The van der Waals surface area contributed by atoms with Gasteiger partial charge in [0.25, 0.3) is 0 Å². The monoisotopic (exact) mass is 728 g/mol. The topological polar surface area (TPSA) is 9.86 Å². The Morgan fingerprint density at radius 2 is 0.872 bits per heavy atom. The van der Waals surface area contributed by atoms with Crippen LogP contribution in [0.2, 0.25) is 0 Å². The molecule has 0 radical (unpaired) electrons. The third-order valence-corrected chi connectivity index (χ3v) is 14.5. The van der Waals surface area contributed by atoms with Crippen molar-refractivity contribution in [2.45, 2.75) is 63.5 Å². The van der Waals surface area contributed by atoms with Gasteiger partial charge >= 0.3 is 278 Å². The fourth-order valence-electron chi connectivity index (χ4n) is 9.19. The maximum absolute atomic E-state index is 2.80. The van der Waals surface area contributed by atoms with E-state index in [4.69, 9.17) is 0 Å². The Morgan fingerprint density at radius 3 is 1.36 bits per heavy atom. The van der Waals surface area contributed by atoms with E-state index in [2.05, 4.69) is 118 Å². The van der Waals surface area contributed by atoms with Gasteiger partial charge in [-0.2, -0.15) is 0 Å². The number of nitrogens with zero attached hydrogens (tertiary/aromatic N) is 2. The molecule has 47 heavy (non-hydrogen) atoms. The number of benzene rings is 4. The van der Waals surface area contributed by atoms with Crippen molar-refractivity contribution >= 4 is 34.0 Å². The van der Waals surface area contributed by atoms with E-state index in [1.165, 1.54) is 95.4 Å². The van der Waals surface area contributed by atoms with Gasteiger partial charge in [0.15, 0.2) is 0 Å². The van der Waals surface area contributed by atoms with Crippen molar-refractivity contribution < 1.29 is 48.0 Å². The molecule has 0 aliphatic heterocycles. The molecule has 0 N–H and O–H groups in total. The van der Waals surface area contributed by atoms with Gasteiger partial charge in [-0.05, 0) is 0 Å². The van der Waals surface area contributed by atoms with E-state index < -0.39 is 23.2 Å². The minimum absolute atomic E-state index is 0. The zero-order chi connectivity index (χ0) is 29.5. The van der Waals surface area contributed by atoms with Crippen LogP contribution >= 0.6 is 0 Å². The molecule has 0 bridgehead atoms. The molecular formula is C42H36Cl2N2Zr. The molecule has 2 atom stereocenters. The predicted molar refractivity (Wildman–Crippen MR) is 182 cm³/mol. The van der Waals surface area contributed by atoms with Gasteiger partial charge < -0.3 is 24.8 Å². The summed E-state index contributed by atoms with van der Waals surface area (Å²) in [5, 5.41) is 2.97. The molecule has 232 valence electrons. The van der Waals surface area contributed by atoms with Crippen molar-refractivity contribution in [2.24, 2.45) is 0 Å². The second kappa shape index (κ2) is 12.4. The summed E-state index contributed by atoms with van der Waals surface area (Å²) in [6.45, 7) is 0. The third kappa shape index (κ3) is 4.75. The Hall–Kier alpha value is -3.10. The van der Waals surface area contributed by atoms with Gasteiger partial charge in [0.1, 0.15) is 0 Å². The van der Waals surface area contributed by atoms with Crippen molar-refractivity contribution in [1.29, 1.82) is 0 Å². The molecule has 2 unspecified atom stereocenters. The molecule has 6 aromatic rings. The first kappa shape index (κ1) is 31.2. The van der Waals surface area contributed by atoms with E-state index in [1.54, 1.807) is 29.1 Å². The van der Waals surface area contributed by atoms with Crippen molar-refractivity contribution in [3.8, 4) is 0 Å². The summed E-state index contributed by atoms with van der Waals surface area (Å²) < 4.78 is 8.99. The quantitative estimate of drug-likeness (QED) is 0.260. The molecule has 2 heterocycles. The van der Waals surface area contributed by atoms with Gasteiger partial charge in [0.05, 0.1) is 0 Å². The van der Waals surface area contributed by atoms with Gasteiger partial charge in [-0.3, -0.25) is 0 Å². The smallest absolute Gasteiger partial charge is 1.00 e. The van der Waals surface area contributed by atoms with Crippen molar-refractivity contribution in [1.82, 2.24) is 9.13 Å². The van der Waals surface area contributed by atoms with E-state index in [0.29, 0.717) is 12.1 Å². The van der Waals surface area contributed by atoms with E-state index in [9.17, 15) is 0 Å². The molecule has 2 aromatic heterocycles. The minimum Gasteiger partial charge on any atom is -1.00 e. The van der Waals surface area contributed by atoms with Crippen LogP contribution in [0.3, 0.4) is 0 Å². The summed E-state index contributed by atoms with van der Waals surface area (Å²) in [5.74, 6) is 0. The number of aryl methyl sites for hydroxylation is 2. The van der Waals surface area contributed by atoms with Crippen molar-refractivity contribution in [2.75, 3.05) is 0 Å². The fraction of sp³-hybridized carbons (Fsp3) is 0.238. The Kier molecular flexibility index (Phi) is 8.24. The summed E-state index contributed by atoms with van der Waals surface area (Å²) in [6.07, 6.45) is 15.2. The summed E-state index contributed by atoms with van der Waals surface area (Å²) >= 11 is -1.20. The molecule has 0 saturated carbocycles. The Balaban J connectivity index is 0.00000162. The first-order valence-corrected chi connectivity index (χ1v) is 19.4. The van der Waals surface area contributed by atoms with E-state index >= 15 is 0 Å². The average Bonchev–Trinajstić information content (AvgIpc) is 3.82. The second-order valence-corrected chi connectivity index (χ2v) is 16.9. The molecule has 4 aromatic carbocycles. The average molecular weight is 731 g/mol. The molecule has 5 heteroatoms. The maximum Gasteiger partial charge on any atom is -1.00 e. The van der Waals surface area contributed by atoms with Crippen LogP contribution in [0.5, 0.6) is 0 Å². The summed E-state index contributed by atoms with van der Waals surface area (Å²) in [7, 11) is 0. The number of hydrogen-bond donors (Lipinski definition) is 0. The van der Waals surface area contributed by atoms with Crippen LogP contribution in [0, 0.1) is 0 Å². The molecule has 0 saturated heterocycles. The van der Waals surface area contributed by atoms with E-state index in [1.807, 2.05) is 0 Å². The molecule has 4 aliphatic rings. The number of allylic oxidation sites excluding steroid dienone is 2. The zero-order valence-electron chi connectivity index (χ0n) is 26.4. The van der Waals surface area contributed by atoms with Crippen LogP contribution in [0.4, 0.5) is 0 Å². The molecule has 2 nitrogen and oxygen atoms in total. The summed E-state index contributed by atoms with van der Waals surface area (Å²) in [6, 6.07) is 37.7. The first-order valence-electron chi connectivity index (χ1n) is 16.9. The van der Waals surface area contributed by atoms with Gasteiger partial charge in [0, 0.05) is 0 Å².